The number of ether oxygens (including phenoxy) is 1. The van der Waals surface area contributed by atoms with Crippen LogP contribution in [0.3, 0.4) is 0 Å². The monoisotopic (exact) mass is 284 g/mol. The summed E-state index contributed by atoms with van der Waals surface area (Å²) in [5.41, 5.74) is -0.914. The van der Waals surface area contributed by atoms with Crippen molar-refractivity contribution in [2.75, 3.05) is 19.7 Å². The molecule has 2 amide bonds. The van der Waals surface area contributed by atoms with E-state index >= 15 is 0 Å². The summed E-state index contributed by atoms with van der Waals surface area (Å²) in [5, 5.41) is 2.65. The Bertz CT molecular complexity index is 385. The summed E-state index contributed by atoms with van der Waals surface area (Å²) in [4.78, 5) is 36.8. The van der Waals surface area contributed by atoms with Gasteiger partial charge in [-0.15, -0.1) is 0 Å². The molecule has 1 saturated heterocycles. The number of esters is 1. The van der Waals surface area contributed by atoms with Crippen LogP contribution in [0, 0.1) is 5.92 Å². The van der Waals surface area contributed by atoms with Crippen molar-refractivity contribution in [3.05, 3.63) is 0 Å². The molecule has 0 spiro atoms. The molecule has 0 aliphatic carbocycles. The largest absolute Gasteiger partial charge is 0.466 e. The molecule has 6 nitrogen and oxygen atoms in total. The number of nitrogens with one attached hydrogen (secondary N) is 1. The van der Waals surface area contributed by atoms with Gasteiger partial charge in [0.25, 0.3) is 0 Å². The van der Waals surface area contributed by atoms with E-state index in [2.05, 4.69) is 5.32 Å². The minimum absolute atomic E-state index is 0.116. The van der Waals surface area contributed by atoms with Gasteiger partial charge in [-0.25, -0.2) is 0 Å². The molecule has 0 atom stereocenters. The third-order valence-corrected chi connectivity index (χ3v) is 3.43. The fraction of sp³-hybridized carbons (Fsp3) is 0.786. The fourth-order valence-electron chi connectivity index (χ4n) is 2.47. The first-order chi connectivity index (χ1) is 9.27. The standard InChI is InChI=1S/C14H24N2O4/c1-5-20-12(18)11-6-8-16(9-7-11)13(19)14(3,4)15-10(2)17/h11H,5-9H2,1-4H3,(H,15,17). The summed E-state index contributed by atoms with van der Waals surface area (Å²) in [6.45, 7) is 7.97. The van der Waals surface area contributed by atoms with E-state index < -0.39 is 5.54 Å². The molecule has 114 valence electrons. The molecule has 0 aromatic heterocycles. The highest BCUT2D eigenvalue weighted by molar-refractivity contribution is 5.90. The first-order valence-electron chi connectivity index (χ1n) is 7.02. The van der Waals surface area contributed by atoms with Crippen molar-refractivity contribution in [3.8, 4) is 0 Å². The van der Waals surface area contributed by atoms with Crippen molar-refractivity contribution < 1.29 is 19.1 Å². The Morgan fingerprint density at radius 2 is 1.80 bits per heavy atom. The molecule has 1 heterocycles. The second-order valence-corrected chi connectivity index (χ2v) is 5.62. The van der Waals surface area contributed by atoms with Gasteiger partial charge in [0.2, 0.25) is 11.8 Å². The zero-order valence-corrected chi connectivity index (χ0v) is 12.7. The fourth-order valence-corrected chi connectivity index (χ4v) is 2.47. The van der Waals surface area contributed by atoms with Crippen LogP contribution in [0.15, 0.2) is 0 Å². The average Bonchev–Trinajstić information content (AvgIpc) is 2.37. The van der Waals surface area contributed by atoms with Crippen LogP contribution >= 0.6 is 0 Å². The number of likely N-dealkylation sites (tertiary alicyclic amines) is 1. The highest BCUT2D eigenvalue weighted by atomic mass is 16.5. The number of carbonyl (C=O) groups is 3. The Balaban J connectivity index is 2.54. The van der Waals surface area contributed by atoms with E-state index in [1.165, 1.54) is 6.92 Å². The van der Waals surface area contributed by atoms with Gasteiger partial charge in [0.1, 0.15) is 5.54 Å². The Hall–Kier alpha value is -1.59. The molecule has 0 bridgehead atoms. The molecule has 0 saturated carbocycles. The maximum atomic E-state index is 12.4. The van der Waals surface area contributed by atoms with Gasteiger partial charge in [0, 0.05) is 20.0 Å². The summed E-state index contributed by atoms with van der Waals surface area (Å²) in [6.07, 6.45) is 1.22. The lowest BCUT2D eigenvalue weighted by Crippen LogP contribution is -2.57. The van der Waals surface area contributed by atoms with E-state index in [1.54, 1.807) is 25.7 Å². The van der Waals surface area contributed by atoms with Gasteiger partial charge in [-0.1, -0.05) is 0 Å². The van der Waals surface area contributed by atoms with Gasteiger partial charge in [-0.2, -0.15) is 0 Å². The third-order valence-electron chi connectivity index (χ3n) is 3.43. The summed E-state index contributed by atoms with van der Waals surface area (Å²) in [6, 6.07) is 0. The predicted molar refractivity (Wildman–Crippen MR) is 73.8 cm³/mol. The molecule has 0 aromatic rings. The molecular weight excluding hydrogens is 260 g/mol. The highest BCUT2D eigenvalue weighted by Gasteiger charge is 2.36. The van der Waals surface area contributed by atoms with Gasteiger partial charge in [-0.05, 0) is 33.6 Å². The van der Waals surface area contributed by atoms with Crippen molar-refractivity contribution in [1.29, 1.82) is 0 Å². The van der Waals surface area contributed by atoms with E-state index in [4.69, 9.17) is 4.74 Å². The van der Waals surface area contributed by atoms with Crippen molar-refractivity contribution in [1.82, 2.24) is 10.2 Å². The molecule has 1 N–H and O–H groups in total. The third kappa shape index (κ3) is 4.21. The van der Waals surface area contributed by atoms with Gasteiger partial charge < -0.3 is 15.0 Å². The van der Waals surface area contributed by atoms with Gasteiger partial charge in [0.15, 0.2) is 0 Å². The molecule has 1 aliphatic rings. The average molecular weight is 284 g/mol. The molecule has 6 heteroatoms. The van der Waals surface area contributed by atoms with Crippen LogP contribution in [0.4, 0.5) is 0 Å². The van der Waals surface area contributed by atoms with E-state index in [9.17, 15) is 14.4 Å². The molecule has 0 unspecified atom stereocenters. The first-order valence-corrected chi connectivity index (χ1v) is 7.02. The lowest BCUT2D eigenvalue weighted by molar-refractivity contribution is -0.152. The number of nitrogens with zero attached hydrogens (tertiary/aromatic N) is 1. The van der Waals surface area contributed by atoms with Gasteiger partial charge in [0.05, 0.1) is 12.5 Å². The van der Waals surface area contributed by atoms with Crippen molar-refractivity contribution >= 4 is 17.8 Å². The van der Waals surface area contributed by atoms with Crippen LogP contribution in [-0.2, 0) is 19.1 Å². The smallest absolute Gasteiger partial charge is 0.309 e. The van der Waals surface area contributed by atoms with Crippen LogP contribution in [0.5, 0.6) is 0 Å². The normalized spacial score (nSPS) is 16.7. The molecule has 0 aromatic carbocycles. The van der Waals surface area contributed by atoms with Crippen LogP contribution in [0.1, 0.15) is 40.5 Å². The minimum atomic E-state index is -0.914. The zero-order valence-electron chi connectivity index (χ0n) is 12.7. The number of hydrogen-bond acceptors (Lipinski definition) is 4. The van der Waals surface area contributed by atoms with Crippen molar-refractivity contribution in [2.24, 2.45) is 5.92 Å². The highest BCUT2D eigenvalue weighted by Crippen LogP contribution is 2.21. The number of amides is 2. The molecule has 20 heavy (non-hydrogen) atoms. The maximum absolute atomic E-state index is 12.4. The van der Waals surface area contributed by atoms with Gasteiger partial charge >= 0.3 is 5.97 Å². The Kier molecular flexibility index (Phi) is 5.53. The molecular formula is C14H24N2O4. The van der Waals surface area contributed by atoms with E-state index in [1.807, 2.05) is 0 Å². The van der Waals surface area contributed by atoms with Crippen molar-refractivity contribution in [3.63, 3.8) is 0 Å². The lowest BCUT2D eigenvalue weighted by atomic mass is 9.94. The lowest BCUT2D eigenvalue weighted by Gasteiger charge is -2.36. The van der Waals surface area contributed by atoms with E-state index in [0.717, 1.165) is 0 Å². The Morgan fingerprint density at radius 3 is 2.25 bits per heavy atom. The zero-order chi connectivity index (χ0) is 15.3. The van der Waals surface area contributed by atoms with Crippen LogP contribution < -0.4 is 5.32 Å². The topological polar surface area (TPSA) is 75.7 Å². The van der Waals surface area contributed by atoms with Crippen LogP contribution in [-0.4, -0.2) is 47.9 Å². The maximum Gasteiger partial charge on any atom is 0.309 e. The number of piperidine rings is 1. The molecule has 1 fully saturated rings. The minimum Gasteiger partial charge on any atom is -0.466 e. The Labute approximate surface area is 119 Å². The Morgan fingerprint density at radius 1 is 1.25 bits per heavy atom. The first kappa shape index (κ1) is 16.5. The number of hydrogen-bond donors (Lipinski definition) is 1. The summed E-state index contributed by atoms with van der Waals surface area (Å²) in [7, 11) is 0. The molecule has 1 aliphatic heterocycles. The SMILES string of the molecule is CCOC(=O)C1CCN(C(=O)C(C)(C)NC(C)=O)CC1. The van der Waals surface area contributed by atoms with Crippen LogP contribution in [0.25, 0.3) is 0 Å². The molecule has 1 rings (SSSR count). The van der Waals surface area contributed by atoms with E-state index in [0.29, 0.717) is 32.5 Å². The number of carbonyl (C=O) groups excluding carboxylic acids is 3. The quantitative estimate of drug-likeness (QED) is 0.771. The summed E-state index contributed by atoms with van der Waals surface area (Å²) < 4.78 is 5.00. The van der Waals surface area contributed by atoms with E-state index in [-0.39, 0.29) is 23.7 Å². The number of rotatable bonds is 4. The predicted octanol–water partition coefficient (Wildman–Crippen LogP) is 0.703. The van der Waals surface area contributed by atoms with Crippen molar-refractivity contribution in [2.45, 2.75) is 46.1 Å². The van der Waals surface area contributed by atoms with Crippen LogP contribution in [0.2, 0.25) is 0 Å². The summed E-state index contributed by atoms with van der Waals surface area (Å²) in [5.74, 6) is -0.650. The second-order valence-electron chi connectivity index (χ2n) is 5.62. The van der Waals surface area contributed by atoms with Gasteiger partial charge in [-0.3, -0.25) is 14.4 Å². The second kappa shape index (κ2) is 6.72. The summed E-state index contributed by atoms with van der Waals surface area (Å²) >= 11 is 0. The molecule has 0 radical (unpaired) electrons.